The van der Waals surface area contributed by atoms with Gasteiger partial charge in [0.15, 0.2) is 5.60 Å². The number of benzene rings is 1. The molecule has 3 nitrogen and oxygen atoms in total. The molecule has 1 aromatic rings. The van der Waals surface area contributed by atoms with Crippen molar-refractivity contribution in [1.29, 1.82) is 0 Å². The Labute approximate surface area is 120 Å². The number of unbranched alkanes of at least 4 members (excludes halogenated alkanes) is 2. The summed E-state index contributed by atoms with van der Waals surface area (Å²) in [4.78, 5) is 12.0. The van der Waals surface area contributed by atoms with E-state index in [1.165, 1.54) is 0 Å². The first-order valence-corrected chi connectivity index (χ1v) is 7.06. The molecule has 0 aromatic heterocycles. The molecular weight excluding hydrogens is 262 g/mol. The van der Waals surface area contributed by atoms with Crippen molar-refractivity contribution in [3.8, 4) is 5.75 Å². The van der Waals surface area contributed by atoms with Crippen LogP contribution in [0.25, 0.3) is 0 Å². The minimum absolute atomic E-state index is 0.0986. The molecule has 0 atom stereocenters. The van der Waals surface area contributed by atoms with Crippen LogP contribution in [0.15, 0.2) is 24.3 Å². The third-order valence-corrected chi connectivity index (χ3v) is 3.05. The summed E-state index contributed by atoms with van der Waals surface area (Å²) >= 11 is 5.81. The van der Waals surface area contributed by atoms with Crippen molar-refractivity contribution in [2.75, 3.05) is 6.54 Å². The summed E-state index contributed by atoms with van der Waals surface area (Å²) < 4.78 is 5.70. The summed E-state index contributed by atoms with van der Waals surface area (Å²) in [5, 5.41) is 3.55. The highest BCUT2D eigenvalue weighted by atomic mass is 35.5. The number of hydrogen-bond donors (Lipinski definition) is 1. The topological polar surface area (TPSA) is 38.3 Å². The minimum Gasteiger partial charge on any atom is -0.478 e. The molecule has 0 unspecified atom stereocenters. The summed E-state index contributed by atoms with van der Waals surface area (Å²) in [7, 11) is 0. The monoisotopic (exact) mass is 283 g/mol. The van der Waals surface area contributed by atoms with E-state index in [1.54, 1.807) is 38.1 Å². The Balaban J connectivity index is 2.49. The molecule has 0 saturated heterocycles. The third kappa shape index (κ3) is 5.52. The normalized spacial score (nSPS) is 11.2. The lowest BCUT2D eigenvalue weighted by molar-refractivity contribution is -0.134. The van der Waals surface area contributed by atoms with Crippen LogP contribution in [0.5, 0.6) is 5.75 Å². The van der Waals surface area contributed by atoms with Gasteiger partial charge in [-0.2, -0.15) is 0 Å². The van der Waals surface area contributed by atoms with Gasteiger partial charge in [0.05, 0.1) is 0 Å². The van der Waals surface area contributed by atoms with E-state index in [4.69, 9.17) is 16.3 Å². The molecule has 1 N–H and O–H groups in total. The number of nitrogens with one attached hydrogen (secondary N) is 1. The van der Waals surface area contributed by atoms with Crippen LogP contribution >= 0.6 is 11.6 Å². The van der Waals surface area contributed by atoms with Gasteiger partial charge in [-0.3, -0.25) is 4.79 Å². The first kappa shape index (κ1) is 15.8. The lowest BCUT2D eigenvalue weighted by atomic mass is 10.1. The Bertz CT molecular complexity index is 401. The van der Waals surface area contributed by atoms with Gasteiger partial charge in [0.1, 0.15) is 5.75 Å². The first-order valence-electron chi connectivity index (χ1n) is 6.68. The highest BCUT2D eigenvalue weighted by Crippen LogP contribution is 2.20. The zero-order valence-electron chi connectivity index (χ0n) is 11.8. The van der Waals surface area contributed by atoms with Crippen molar-refractivity contribution >= 4 is 17.5 Å². The second-order valence-corrected chi connectivity index (χ2v) is 5.47. The molecule has 0 bridgehead atoms. The summed E-state index contributed by atoms with van der Waals surface area (Å²) in [6.45, 7) is 6.35. The molecule has 1 amide bonds. The molecule has 0 aliphatic carbocycles. The average molecular weight is 284 g/mol. The smallest absolute Gasteiger partial charge is 0.263 e. The van der Waals surface area contributed by atoms with Crippen LogP contribution in [0.4, 0.5) is 0 Å². The Morgan fingerprint density at radius 1 is 1.26 bits per heavy atom. The lowest BCUT2D eigenvalue weighted by Crippen LogP contribution is -2.46. The van der Waals surface area contributed by atoms with E-state index in [0.29, 0.717) is 17.3 Å². The summed E-state index contributed by atoms with van der Waals surface area (Å²) in [6, 6.07) is 7.00. The van der Waals surface area contributed by atoms with E-state index in [2.05, 4.69) is 12.2 Å². The van der Waals surface area contributed by atoms with Crippen LogP contribution in [0, 0.1) is 0 Å². The zero-order chi connectivity index (χ0) is 14.3. The zero-order valence-corrected chi connectivity index (χ0v) is 12.6. The van der Waals surface area contributed by atoms with E-state index in [0.717, 1.165) is 19.3 Å². The van der Waals surface area contributed by atoms with E-state index in [1.807, 2.05) is 0 Å². The van der Waals surface area contributed by atoms with Crippen LogP contribution in [0.2, 0.25) is 5.02 Å². The molecule has 106 valence electrons. The summed E-state index contributed by atoms with van der Waals surface area (Å²) in [5.74, 6) is 0.539. The fourth-order valence-electron chi connectivity index (χ4n) is 1.63. The quantitative estimate of drug-likeness (QED) is 0.773. The van der Waals surface area contributed by atoms with Crippen molar-refractivity contribution in [3.63, 3.8) is 0 Å². The maximum atomic E-state index is 12.0. The molecule has 4 heteroatoms. The van der Waals surface area contributed by atoms with Crippen LogP contribution in [0.3, 0.4) is 0 Å². The number of halogens is 1. The number of hydrogen-bond acceptors (Lipinski definition) is 2. The van der Waals surface area contributed by atoms with Crippen molar-refractivity contribution in [2.45, 2.75) is 45.6 Å². The lowest BCUT2D eigenvalue weighted by Gasteiger charge is -2.25. The number of carbonyl (C=O) groups is 1. The molecule has 0 fully saturated rings. The van der Waals surface area contributed by atoms with Crippen LogP contribution in [-0.4, -0.2) is 18.1 Å². The van der Waals surface area contributed by atoms with Gasteiger partial charge >= 0.3 is 0 Å². The van der Waals surface area contributed by atoms with Gasteiger partial charge in [-0.05, 0) is 44.5 Å². The van der Waals surface area contributed by atoms with Gasteiger partial charge < -0.3 is 10.1 Å². The van der Waals surface area contributed by atoms with Gasteiger partial charge in [0.2, 0.25) is 0 Å². The van der Waals surface area contributed by atoms with Crippen molar-refractivity contribution in [1.82, 2.24) is 5.32 Å². The molecule has 0 saturated carbocycles. The molecular formula is C15H22ClNO2. The molecule has 0 aliphatic heterocycles. The molecule has 0 heterocycles. The predicted molar refractivity (Wildman–Crippen MR) is 78.7 cm³/mol. The maximum Gasteiger partial charge on any atom is 0.263 e. The van der Waals surface area contributed by atoms with Crippen molar-refractivity contribution < 1.29 is 9.53 Å². The van der Waals surface area contributed by atoms with Gasteiger partial charge in [0, 0.05) is 11.6 Å². The standard InChI is InChI=1S/C15H22ClNO2/c1-4-5-6-11-17-14(18)15(2,3)19-13-9-7-12(16)8-10-13/h7-10H,4-6,11H2,1-3H3,(H,17,18). The van der Waals surface area contributed by atoms with E-state index < -0.39 is 5.60 Å². The van der Waals surface area contributed by atoms with Crippen LogP contribution in [-0.2, 0) is 4.79 Å². The summed E-state index contributed by atoms with van der Waals surface area (Å²) in [6.07, 6.45) is 3.26. The number of amides is 1. The summed E-state index contributed by atoms with van der Waals surface area (Å²) in [5.41, 5.74) is -0.889. The fourth-order valence-corrected chi connectivity index (χ4v) is 1.76. The second kappa shape index (κ2) is 7.39. The first-order chi connectivity index (χ1) is 8.95. The predicted octanol–water partition coefficient (Wildman–Crippen LogP) is 3.80. The molecule has 0 aliphatic rings. The van der Waals surface area contributed by atoms with E-state index >= 15 is 0 Å². The van der Waals surface area contributed by atoms with Gasteiger partial charge in [-0.15, -0.1) is 0 Å². The number of rotatable bonds is 7. The van der Waals surface area contributed by atoms with Gasteiger partial charge in [-0.25, -0.2) is 0 Å². The van der Waals surface area contributed by atoms with E-state index in [-0.39, 0.29) is 5.91 Å². The third-order valence-electron chi connectivity index (χ3n) is 2.80. The molecule has 19 heavy (non-hydrogen) atoms. The molecule has 0 radical (unpaired) electrons. The molecule has 0 spiro atoms. The van der Waals surface area contributed by atoms with Gasteiger partial charge in [-0.1, -0.05) is 31.4 Å². The number of ether oxygens (including phenoxy) is 1. The Hall–Kier alpha value is -1.22. The minimum atomic E-state index is -0.889. The van der Waals surface area contributed by atoms with Crippen LogP contribution < -0.4 is 10.1 Å². The Morgan fingerprint density at radius 2 is 1.89 bits per heavy atom. The highest BCUT2D eigenvalue weighted by Gasteiger charge is 2.29. The largest absolute Gasteiger partial charge is 0.478 e. The SMILES string of the molecule is CCCCCNC(=O)C(C)(C)Oc1ccc(Cl)cc1. The van der Waals surface area contributed by atoms with E-state index in [9.17, 15) is 4.79 Å². The van der Waals surface area contributed by atoms with Gasteiger partial charge in [0.25, 0.3) is 5.91 Å². The molecule has 1 aromatic carbocycles. The average Bonchev–Trinajstić information content (AvgIpc) is 2.37. The Morgan fingerprint density at radius 3 is 2.47 bits per heavy atom. The maximum absolute atomic E-state index is 12.0. The van der Waals surface area contributed by atoms with Crippen molar-refractivity contribution in [2.24, 2.45) is 0 Å². The molecule has 1 rings (SSSR count). The fraction of sp³-hybridized carbons (Fsp3) is 0.533. The number of carbonyl (C=O) groups excluding carboxylic acids is 1. The van der Waals surface area contributed by atoms with Crippen molar-refractivity contribution in [3.05, 3.63) is 29.3 Å². The Kier molecular flexibility index (Phi) is 6.16. The second-order valence-electron chi connectivity index (χ2n) is 5.03. The highest BCUT2D eigenvalue weighted by molar-refractivity contribution is 6.30. The van der Waals surface area contributed by atoms with Crippen LogP contribution in [0.1, 0.15) is 40.0 Å².